The van der Waals surface area contributed by atoms with Crippen LogP contribution in [0.5, 0.6) is 0 Å². The number of nitrogens with zero attached hydrogens (tertiary/aromatic N) is 1. The zero-order valence-corrected chi connectivity index (χ0v) is 13.6. The highest BCUT2D eigenvalue weighted by Crippen LogP contribution is 2.26. The molecule has 0 saturated heterocycles. The first-order valence-corrected chi connectivity index (χ1v) is 7.80. The monoisotopic (exact) mass is 290 g/mol. The molecule has 3 nitrogen and oxygen atoms in total. The van der Waals surface area contributed by atoms with E-state index in [0.29, 0.717) is 6.04 Å². The fourth-order valence-corrected chi connectivity index (χ4v) is 3.27. The first kappa shape index (κ1) is 15.1. The molecule has 0 aliphatic rings. The summed E-state index contributed by atoms with van der Waals surface area (Å²) >= 11 is 1.65. The molecule has 2 aromatic rings. The molecule has 1 unspecified atom stereocenters. The summed E-state index contributed by atoms with van der Waals surface area (Å²) in [7, 11) is 1.99. The Hall–Kier alpha value is -1.26. The summed E-state index contributed by atoms with van der Waals surface area (Å²) < 4.78 is 5.62. The van der Waals surface area contributed by atoms with Crippen molar-refractivity contribution >= 4 is 11.8 Å². The lowest BCUT2D eigenvalue weighted by Gasteiger charge is -2.16. The van der Waals surface area contributed by atoms with Gasteiger partial charge in [-0.2, -0.15) is 0 Å². The molecule has 0 bridgehead atoms. The molecular weight excluding hydrogens is 268 g/mol. The molecule has 108 valence electrons. The van der Waals surface area contributed by atoms with Gasteiger partial charge >= 0.3 is 0 Å². The number of oxazole rings is 1. The predicted octanol–water partition coefficient (Wildman–Crippen LogP) is 3.96. The molecule has 2 rings (SSSR count). The summed E-state index contributed by atoms with van der Waals surface area (Å²) in [6.07, 6.45) is 0. The van der Waals surface area contributed by atoms with Gasteiger partial charge in [0.15, 0.2) is 0 Å². The highest BCUT2D eigenvalue weighted by Gasteiger charge is 2.13. The van der Waals surface area contributed by atoms with Crippen molar-refractivity contribution in [3.05, 3.63) is 46.3 Å². The molecule has 1 aromatic heterocycles. The Morgan fingerprint density at radius 1 is 1.15 bits per heavy atom. The van der Waals surface area contributed by atoms with E-state index in [-0.39, 0.29) is 0 Å². The minimum Gasteiger partial charge on any atom is -0.437 e. The van der Waals surface area contributed by atoms with Crippen LogP contribution in [0.3, 0.4) is 0 Å². The normalized spacial score (nSPS) is 12.7. The second-order valence-corrected chi connectivity index (χ2v) is 6.17. The second-order valence-electron chi connectivity index (χ2n) is 5.19. The van der Waals surface area contributed by atoms with Gasteiger partial charge in [-0.1, -0.05) is 41.1 Å². The standard InChI is InChI=1S/C16H22N2OS/c1-10-6-11(2)8-14(7-10)15(17-5)9-20-16-18-12(3)13(4)19-16/h6-8,15,17H,9H2,1-5H3. The highest BCUT2D eigenvalue weighted by molar-refractivity contribution is 7.99. The molecule has 0 radical (unpaired) electrons. The lowest BCUT2D eigenvalue weighted by molar-refractivity contribution is 0.430. The summed E-state index contributed by atoms with van der Waals surface area (Å²) in [5.74, 6) is 1.80. The van der Waals surface area contributed by atoms with Crippen molar-refractivity contribution in [1.29, 1.82) is 0 Å². The molecule has 1 atom stereocenters. The van der Waals surface area contributed by atoms with Gasteiger partial charge in [-0.05, 0) is 40.3 Å². The molecule has 0 spiro atoms. The third-order valence-corrected chi connectivity index (χ3v) is 4.30. The van der Waals surface area contributed by atoms with Crippen molar-refractivity contribution in [2.45, 2.75) is 39.0 Å². The van der Waals surface area contributed by atoms with Crippen LogP contribution in [-0.2, 0) is 0 Å². The van der Waals surface area contributed by atoms with Crippen LogP contribution in [0, 0.1) is 27.7 Å². The molecule has 0 aliphatic carbocycles. The molecule has 0 aliphatic heterocycles. The smallest absolute Gasteiger partial charge is 0.256 e. The fourth-order valence-electron chi connectivity index (χ4n) is 2.22. The van der Waals surface area contributed by atoms with Crippen LogP contribution in [0.1, 0.15) is 34.2 Å². The fraction of sp³-hybridized carbons (Fsp3) is 0.438. The maximum absolute atomic E-state index is 5.62. The van der Waals surface area contributed by atoms with Crippen LogP contribution in [0.2, 0.25) is 0 Å². The van der Waals surface area contributed by atoms with Crippen LogP contribution >= 0.6 is 11.8 Å². The summed E-state index contributed by atoms with van der Waals surface area (Å²) in [5, 5.41) is 4.13. The van der Waals surface area contributed by atoms with Crippen LogP contribution in [0.25, 0.3) is 0 Å². The summed E-state index contributed by atoms with van der Waals surface area (Å²) in [5.41, 5.74) is 4.89. The van der Waals surface area contributed by atoms with Crippen LogP contribution in [0.4, 0.5) is 0 Å². The molecule has 0 fully saturated rings. The minimum absolute atomic E-state index is 0.297. The Morgan fingerprint density at radius 3 is 2.30 bits per heavy atom. The summed E-state index contributed by atoms with van der Waals surface area (Å²) in [4.78, 5) is 4.41. The number of thioether (sulfide) groups is 1. The summed E-state index contributed by atoms with van der Waals surface area (Å²) in [6, 6.07) is 6.97. The number of rotatable bonds is 5. The molecule has 1 aromatic carbocycles. The van der Waals surface area contributed by atoms with Crippen molar-refractivity contribution < 1.29 is 4.42 Å². The number of hydrogen-bond acceptors (Lipinski definition) is 4. The third-order valence-electron chi connectivity index (χ3n) is 3.38. The maximum Gasteiger partial charge on any atom is 0.256 e. The van der Waals surface area contributed by atoms with E-state index >= 15 is 0 Å². The van der Waals surface area contributed by atoms with E-state index in [2.05, 4.69) is 42.3 Å². The first-order valence-electron chi connectivity index (χ1n) is 6.82. The van der Waals surface area contributed by atoms with E-state index in [0.717, 1.165) is 22.4 Å². The van der Waals surface area contributed by atoms with Crippen LogP contribution in [0.15, 0.2) is 27.8 Å². The lowest BCUT2D eigenvalue weighted by Crippen LogP contribution is -2.19. The van der Waals surface area contributed by atoms with Gasteiger partial charge in [0.25, 0.3) is 5.22 Å². The van der Waals surface area contributed by atoms with Gasteiger partial charge in [0.1, 0.15) is 5.76 Å². The van der Waals surface area contributed by atoms with E-state index in [1.54, 1.807) is 11.8 Å². The van der Waals surface area contributed by atoms with E-state index in [9.17, 15) is 0 Å². The number of aromatic nitrogens is 1. The van der Waals surface area contributed by atoms with Crippen molar-refractivity contribution in [3.8, 4) is 0 Å². The van der Waals surface area contributed by atoms with E-state index in [1.165, 1.54) is 16.7 Å². The van der Waals surface area contributed by atoms with Crippen molar-refractivity contribution in [1.82, 2.24) is 10.3 Å². The molecule has 0 saturated carbocycles. The Balaban J connectivity index is 2.08. The van der Waals surface area contributed by atoms with Gasteiger partial charge in [0, 0.05) is 11.8 Å². The van der Waals surface area contributed by atoms with Gasteiger partial charge in [-0.3, -0.25) is 0 Å². The third kappa shape index (κ3) is 3.64. The highest BCUT2D eigenvalue weighted by atomic mass is 32.2. The number of aryl methyl sites for hydroxylation is 4. The van der Waals surface area contributed by atoms with Crippen molar-refractivity contribution in [2.24, 2.45) is 0 Å². The van der Waals surface area contributed by atoms with Crippen molar-refractivity contribution in [2.75, 3.05) is 12.8 Å². The van der Waals surface area contributed by atoms with Gasteiger partial charge < -0.3 is 9.73 Å². The lowest BCUT2D eigenvalue weighted by atomic mass is 10.0. The number of hydrogen-bond donors (Lipinski definition) is 1. The van der Waals surface area contributed by atoms with E-state index in [1.807, 2.05) is 20.9 Å². The largest absolute Gasteiger partial charge is 0.437 e. The molecule has 1 heterocycles. The SMILES string of the molecule is CNC(CSc1nc(C)c(C)o1)c1cc(C)cc(C)c1. The molecule has 1 N–H and O–H groups in total. The van der Waals surface area contributed by atoms with Gasteiger partial charge in [0.2, 0.25) is 0 Å². The Labute approximate surface area is 125 Å². The van der Waals surface area contributed by atoms with Crippen LogP contribution in [-0.4, -0.2) is 17.8 Å². The van der Waals surface area contributed by atoms with Gasteiger partial charge in [-0.25, -0.2) is 4.98 Å². The number of benzene rings is 1. The average Bonchev–Trinajstić information content (AvgIpc) is 2.68. The Bertz CT molecular complexity index is 552. The zero-order valence-electron chi connectivity index (χ0n) is 12.8. The molecule has 0 amide bonds. The average molecular weight is 290 g/mol. The Morgan fingerprint density at radius 2 is 1.80 bits per heavy atom. The topological polar surface area (TPSA) is 38.1 Å². The molecular formula is C16H22N2OS. The van der Waals surface area contributed by atoms with Gasteiger partial charge in [-0.15, -0.1) is 0 Å². The quantitative estimate of drug-likeness (QED) is 0.846. The predicted molar refractivity (Wildman–Crippen MR) is 84.4 cm³/mol. The second kappa shape index (κ2) is 6.46. The first-order chi connectivity index (χ1) is 9.49. The van der Waals surface area contributed by atoms with E-state index in [4.69, 9.17) is 4.42 Å². The molecule has 4 heteroatoms. The van der Waals surface area contributed by atoms with Crippen molar-refractivity contribution in [3.63, 3.8) is 0 Å². The van der Waals surface area contributed by atoms with Crippen LogP contribution < -0.4 is 5.32 Å². The Kier molecular flexibility index (Phi) is 4.89. The van der Waals surface area contributed by atoms with Gasteiger partial charge in [0.05, 0.1) is 5.69 Å². The minimum atomic E-state index is 0.297. The molecule has 20 heavy (non-hydrogen) atoms. The number of nitrogens with one attached hydrogen (secondary N) is 1. The summed E-state index contributed by atoms with van der Waals surface area (Å²) in [6.45, 7) is 8.20. The maximum atomic E-state index is 5.62. The zero-order chi connectivity index (χ0) is 14.7. The van der Waals surface area contributed by atoms with E-state index < -0.39 is 0 Å².